The Kier molecular flexibility index (Phi) is 3.14. The molecule has 0 atom stereocenters. The maximum absolute atomic E-state index is 11.2. The van der Waals surface area contributed by atoms with Gasteiger partial charge in [0.15, 0.2) is 0 Å². The molecule has 68 valence electrons. The van der Waals surface area contributed by atoms with E-state index in [1.807, 2.05) is 0 Å². The minimum absolute atomic E-state index is 0.0689. The number of piperidine rings is 1. The Labute approximate surface area is 73.4 Å². The lowest BCUT2D eigenvalue weighted by molar-refractivity contribution is -0.123. The molecule has 0 aromatic rings. The highest BCUT2D eigenvalue weighted by Crippen LogP contribution is 2.09. The second-order valence-electron chi connectivity index (χ2n) is 3.29. The molecular weight excluding hydrogens is 152 g/mol. The van der Waals surface area contributed by atoms with Crippen molar-refractivity contribution in [3.8, 4) is 0 Å². The van der Waals surface area contributed by atoms with E-state index in [1.54, 1.807) is 25.1 Å². The van der Waals surface area contributed by atoms with E-state index < -0.39 is 0 Å². The number of hydrogen-bond donors (Lipinski definition) is 1. The second-order valence-corrected chi connectivity index (χ2v) is 3.29. The summed E-state index contributed by atoms with van der Waals surface area (Å²) in [4.78, 5) is 12.8. The van der Waals surface area contributed by atoms with Gasteiger partial charge in [0.05, 0.1) is 0 Å². The van der Waals surface area contributed by atoms with Gasteiger partial charge < -0.3 is 10.2 Å². The van der Waals surface area contributed by atoms with Crippen LogP contribution in [0.3, 0.4) is 0 Å². The van der Waals surface area contributed by atoms with Crippen LogP contribution in [-0.4, -0.2) is 31.4 Å². The standard InChI is InChI=1S/C9H16N2O/c1-11(2)9(12)7-8-5-3-4-6-10-8/h7,10H,3-6H2,1-2H3/b8-7+. The zero-order valence-corrected chi connectivity index (χ0v) is 7.76. The van der Waals surface area contributed by atoms with Gasteiger partial charge in [0.1, 0.15) is 0 Å². The molecule has 1 amide bonds. The molecule has 0 aromatic heterocycles. The van der Waals surface area contributed by atoms with E-state index in [0.29, 0.717) is 0 Å². The fourth-order valence-electron chi connectivity index (χ4n) is 1.18. The highest BCUT2D eigenvalue weighted by Gasteiger charge is 2.06. The number of hydrogen-bond acceptors (Lipinski definition) is 2. The first kappa shape index (κ1) is 9.10. The monoisotopic (exact) mass is 168 g/mol. The van der Waals surface area contributed by atoms with Crippen LogP contribution in [0.15, 0.2) is 11.8 Å². The molecule has 1 aliphatic heterocycles. The summed E-state index contributed by atoms with van der Waals surface area (Å²) in [5.41, 5.74) is 1.08. The fourth-order valence-corrected chi connectivity index (χ4v) is 1.18. The molecule has 1 fully saturated rings. The zero-order chi connectivity index (χ0) is 8.97. The summed E-state index contributed by atoms with van der Waals surface area (Å²) in [5.74, 6) is 0.0689. The number of nitrogens with one attached hydrogen (secondary N) is 1. The first-order chi connectivity index (χ1) is 5.70. The lowest BCUT2D eigenvalue weighted by Gasteiger charge is -2.17. The topological polar surface area (TPSA) is 32.3 Å². The lowest BCUT2D eigenvalue weighted by atomic mass is 10.1. The van der Waals surface area contributed by atoms with E-state index >= 15 is 0 Å². The van der Waals surface area contributed by atoms with Gasteiger partial charge in [-0.05, 0) is 19.3 Å². The molecule has 1 aliphatic rings. The van der Waals surface area contributed by atoms with Crippen molar-refractivity contribution in [2.45, 2.75) is 19.3 Å². The SMILES string of the molecule is CN(C)C(=O)/C=C1\CCCCN1. The summed E-state index contributed by atoms with van der Waals surface area (Å²) >= 11 is 0. The van der Waals surface area contributed by atoms with Gasteiger partial charge in [-0.1, -0.05) is 0 Å². The van der Waals surface area contributed by atoms with Crippen molar-refractivity contribution >= 4 is 5.91 Å². The summed E-state index contributed by atoms with van der Waals surface area (Å²) in [5, 5.41) is 3.22. The van der Waals surface area contributed by atoms with Gasteiger partial charge >= 0.3 is 0 Å². The third-order valence-electron chi connectivity index (χ3n) is 1.96. The molecule has 1 N–H and O–H groups in total. The van der Waals surface area contributed by atoms with Gasteiger partial charge in [0, 0.05) is 32.4 Å². The molecule has 0 aliphatic carbocycles. The molecule has 3 nitrogen and oxygen atoms in total. The summed E-state index contributed by atoms with van der Waals surface area (Å²) in [6, 6.07) is 0. The van der Waals surface area contributed by atoms with Crippen LogP contribution in [-0.2, 0) is 4.79 Å². The minimum Gasteiger partial charge on any atom is -0.388 e. The summed E-state index contributed by atoms with van der Waals surface area (Å²) in [6.45, 7) is 1.01. The van der Waals surface area contributed by atoms with Crippen LogP contribution in [0.2, 0.25) is 0 Å². The van der Waals surface area contributed by atoms with E-state index in [1.165, 1.54) is 12.8 Å². The van der Waals surface area contributed by atoms with Crippen molar-refractivity contribution in [2.24, 2.45) is 0 Å². The smallest absolute Gasteiger partial charge is 0.247 e. The highest BCUT2D eigenvalue weighted by atomic mass is 16.2. The lowest BCUT2D eigenvalue weighted by Crippen LogP contribution is -2.25. The quantitative estimate of drug-likeness (QED) is 0.585. The highest BCUT2D eigenvalue weighted by molar-refractivity contribution is 5.87. The number of nitrogens with zero attached hydrogens (tertiary/aromatic N) is 1. The summed E-state index contributed by atoms with van der Waals surface area (Å²) in [6.07, 6.45) is 5.12. The molecule has 3 heteroatoms. The van der Waals surface area contributed by atoms with Crippen molar-refractivity contribution in [3.05, 3.63) is 11.8 Å². The predicted octanol–water partition coefficient (Wildman–Crippen LogP) is 0.732. The Morgan fingerprint density at radius 1 is 1.50 bits per heavy atom. The number of carbonyl (C=O) groups excluding carboxylic acids is 1. The normalized spacial score (nSPS) is 20.3. The average molecular weight is 168 g/mol. The van der Waals surface area contributed by atoms with Crippen molar-refractivity contribution in [2.75, 3.05) is 20.6 Å². The van der Waals surface area contributed by atoms with Crippen molar-refractivity contribution < 1.29 is 4.79 Å². The van der Waals surface area contributed by atoms with Crippen LogP contribution < -0.4 is 5.32 Å². The largest absolute Gasteiger partial charge is 0.388 e. The van der Waals surface area contributed by atoms with Gasteiger partial charge in [-0.3, -0.25) is 4.79 Å². The van der Waals surface area contributed by atoms with Crippen molar-refractivity contribution in [1.82, 2.24) is 10.2 Å². The molecule has 1 heterocycles. The van der Waals surface area contributed by atoms with Gasteiger partial charge in [0.2, 0.25) is 5.91 Å². The molecule has 1 rings (SSSR count). The second kappa shape index (κ2) is 4.14. The number of amides is 1. The molecule has 0 saturated carbocycles. The Balaban J connectivity index is 2.48. The third kappa shape index (κ3) is 2.57. The zero-order valence-electron chi connectivity index (χ0n) is 7.76. The van der Waals surface area contributed by atoms with Crippen molar-refractivity contribution in [1.29, 1.82) is 0 Å². The van der Waals surface area contributed by atoms with E-state index in [9.17, 15) is 4.79 Å². The molecular formula is C9H16N2O. The fraction of sp³-hybridized carbons (Fsp3) is 0.667. The Morgan fingerprint density at radius 2 is 2.25 bits per heavy atom. The summed E-state index contributed by atoms with van der Waals surface area (Å²) < 4.78 is 0. The molecule has 0 radical (unpaired) electrons. The molecule has 0 spiro atoms. The van der Waals surface area contributed by atoms with Gasteiger partial charge in [-0.25, -0.2) is 0 Å². The third-order valence-corrected chi connectivity index (χ3v) is 1.96. The summed E-state index contributed by atoms with van der Waals surface area (Å²) in [7, 11) is 3.53. The van der Waals surface area contributed by atoms with Crippen LogP contribution in [0.4, 0.5) is 0 Å². The Morgan fingerprint density at radius 3 is 2.75 bits per heavy atom. The van der Waals surface area contributed by atoms with Crippen LogP contribution >= 0.6 is 0 Å². The minimum atomic E-state index is 0.0689. The number of carbonyl (C=O) groups is 1. The van der Waals surface area contributed by atoms with Crippen LogP contribution in [0.1, 0.15) is 19.3 Å². The van der Waals surface area contributed by atoms with Crippen LogP contribution in [0.25, 0.3) is 0 Å². The van der Waals surface area contributed by atoms with E-state index in [0.717, 1.165) is 18.7 Å². The first-order valence-corrected chi connectivity index (χ1v) is 4.36. The molecule has 0 bridgehead atoms. The van der Waals surface area contributed by atoms with E-state index in [4.69, 9.17) is 0 Å². The maximum Gasteiger partial charge on any atom is 0.247 e. The van der Waals surface area contributed by atoms with Gasteiger partial charge in [0.25, 0.3) is 0 Å². The predicted molar refractivity (Wildman–Crippen MR) is 48.6 cm³/mol. The molecule has 12 heavy (non-hydrogen) atoms. The Hall–Kier alpha value is -0.990. The van der Waals surface area contributed by atoms with Crippen molar-refractivity contribution in [3.63, 3.8) is 0 Å². The maximum atomic E-state index is 11.2. The van der Waals surface area contributed by atoms with Gasteiger partial charge in [-0.15, -0.1) is 0 Å². The first-order valence-electron chi connectivity index (χ1n) is 4.36. The van der Waals surface area contributed by atoms with E-state index in [2.05, 4.69) is 5.32 Å². The number of rotatable bonds is 1. The van der Waals surface area contributed by atoms with Gasteiger partial charge in [-0.2, -0.15) is 0 Å². The van der Waals surface area contributed by atoms with Crippen LogP contribution in [0, 0.1) is 0 Å². The molecule has 1 saturated heterocycles. The Bertz CT molecular complexity index is 189. The van der Waals surface area contributed by atoms with E-state index in [-0.39, 0.29) is 5.91 Å². The number of allylic oxidation sites excluding steroid dienone is 1. The molecule has 0 unspecified atom stereocenters. The number of likely N-dealkylation sites (N-methyl/N-ethyl adjacent to an activating group) is 1. The molecule has 0 aromatic carbocycles. The van der Waals surface area contributed by atoms with Crippen LogP contribution in [0.5, 0.6) is 0 Å². The average Bonchev–Trinajstić information content (AvgIpc) is 2.06.